The summed E-state index contributed by atoms with van der Waals surface area (Å²) in [5.74, 6) is 0.239. The van der Waals surface area contributed by atoms with Crippen LogP contribution in [-0.4, -0.2) is 48.6 Å². The number of aromatic nitrogens is 1. The number of nitrogens with one attached hydrogen (secondary N) is 1. The number of hydrogen-bond donors (Lipinski definition) is 1. The number of carbonyl (C=O) groups is 1. The van der Waals surface area contributed by atoms with Crippen LogP contribution >= 0.6 is 0 Å². The number of ketones is 1. The number of nitrogens with zero attached hydrogens (tertiary/aromatic N) is 3. The van der Waals surface area contributed by atoms with Crippen LogP contribution in [0.15, 0.2) is 59.1 Å². The summed E-state index contributed by atoms with van der Waals surface area (Å²) in [6.07, 6.45) is 0. The summed E-state index contributed by atoms with van der Waals surface area (Å²) >= 11 is 0. The van der Waals surface area contributed by atoms with Crippen LogP contribution in [0.1, 0.15) is 22.8 Å². The Labute approximate surface area is 190 Å². The molecule has 1 saturated heterocycles. The van der Waals surface area contributed by atoms with E-state index in [0.717, 1.165) is 49.4 Å². The summed E-state index contributed by atoms with van der Waals surface area (Å²) in [5, 5.41) is 8.53. The first-order valence-corrected chi connectivity index (χ1v) is 11.2. The van der Waals surface area contributed by atoms with Crippen molar-refractivity contribution in [2.24, 2.45) is 0 Å². The zero-order chi connectivity index (χ0) is 22.5. The fraction of sp³-hybridized carbons (Fsp3) is 0.231. The van der Waals surface area contributed by atoms with E-state index in [-0.39, 0.29) is 11.6 Å². The Hall–Kier alpha value is -3.71. The lowest BCUT2D eigenvalue weighted by atomic mass is 9.86. The average Bonchev–Trinajstić information content (AvgIpc) is 3.29. The number of hydrogen-bond acceptors (Lipinski definition) is 6. The lowest BCUT2D eigenvalue weighted by Gasteiger charge is -2.36. The molecule has 0 unspecified atom stereocenters. The number of benzene rings is 3. The highest BCUT2D eigenvalue weighted by Gasteiger charge is 2.34. The van der Waals surface area contributed by atoms with Crippen LogP contribution < -0.4 is 10.2 Å². The molecule has 1 fully saturated rings. The van der Waals surface area contributed by atoms with Crippen LogP contribution in [0.4, 0.5) is 21.5 Å². The van der Waals surface area contributed by atoms with Crippen LogP contribution in [0, 0.1) is 5.82 Å². The highest BCUT2D eigenvalue weighted by atomic mass is 19.1. The second-order valence-corrected chi connectivity index (χ2v) is 8.48. The maximum absolute atomic E-state index is 13.6. The fourth-order valence-electron chi connectivity index (χ4n) is 4.88. The van der Waals surface area contributed by atoms with Gasteiger partial charge in [-0.15, -0.1) is 0 Å². The molecule has 0 amide bonds. The van der Waals surface area contributed by atoms with E-state index < -0.39 is 0 Å². The van der Waals surface area contributed by atoms with Crippen molar-refractivity contribution in [3.63, 3.8) is 0 Å². The maximum Gasteiger partial charge on any atom is 0.196 e. The smallest absolute Gasteiger partial charge is 0.196 e. The van der Waals surface area contributed by atoms with Gasteiger partial charge in [0.2, 0.25) is 0 Å². The first-order chi connectivity index (χ1) is 16.1. The molecule has 2 heterocycles. The predicted molar refractivity (Wildman–Crippen MR) is 127 cm³/mol. The molecule has 0 bridgehead atoms. The molecule has 0 radical (unpaired) electrons. The largest absolute Gasteiger partial charge is 0.367 e. The van der Waals surface area contributed by atoms with Gasteiger partial charge in [-0.05, 0) is 36.9 Å². The van der Waals surface area contributed by atoms with Crippen molar-refractivity contribution >= 4 is 33.7 Å². The summed E-state index contributed by atoms with van der Waals surface area (Å²) in [5.41, 5.74) is 4.92. The van der Waals surface area contributed by atoms with Crippen LogP contribution in [0.3, 0.4) is 0 Å². The van der Waals surface area contributed by atoms with Gasteiger partial charge in [0.05, 0.1) is 22.3 Å². The zero-order valence-electron chi connectivity index (χ0n) is 18.3. The molecule has 2 aliphatic rings. The third-order valence-electron chi connectivity index (χ3n) is 6.66. The Morgan fingerprint density at radius 3 is 2.48 bits per heavy atom. The third-order valence-corrected chi connectivity index (χ3v) is 6.66. The second-order valence-electron chi connectivity index (χ2n) is 8.48. The summed E-state index contributed by atoms with van der Waals surface area (Å²) in [4.78, 5) is 18.4. The van der Waals surface area contributed by atoms with Crippen LogP contribution in [0.5, 0.6) is 0 Å². The van der Waals surface area contributed by atoms with Gasteiger partial charge >= 0.3 is 0 Å². The first-order valence-electron chi connectivity index (χ1n) is 11.2. The van der Waals surface area contributed by atoms with Gasteiger partial charge in [0, 0.05) is 43.0 Å². The molecular weight excluding hydrogens is 419 g/mol. The van der Waals surface area contributed by atoms with E-state index in [0.29, 0.717) is 33.8 Å². The minimum absolute atomic E-state index is 0.0711. The van der Waals surface area contributed by atoms with E-state index >= 15 is 0 Å². The predicted octanol–water partition coefficient (Wildman–Crippen LogP) is 5.06. The van der Waals surface area contributed by atoms with E-state index in [1.807, 2.05) is 30.3 Å². The van der Waals surface area contributed by atoms with Gasteiger partial charge in [-0.1, -0.05) is 36.3 Å². The number of rotatable bonds is 4. The highest BCUT2D eigenvalue weighted by Crippen LogP contribution is 2.46. The molecule has 33 heavy (non-hydrogen) atoms. The monoisotopic (exact) mass is 442 g/mol. The van der Waals surface area contributed by atoms with Gasteiger partial charge in [-0.2, -0.15) is 0 Å². The molecule has 0 spiro atoms. The Bertz CT molecular complexity index is 1370. The number of fused-ring (bicyclic) bond motifs is 2. The van der Waals surface area contributed by atoms with Crippen molar-refractivity contribution in [1.29, 1.82) is 0 Å². The lowest BCUT2D eigenvalue weighted by molar-refractivity contribution is 0.104. The van der Waals surface area contributed by atoms with Crippen LogP contribution in [-0.2, 0) is 0 Å². The van der Waals surface area contributed by atoms with Crippen molar-refractivity contribution in [3.8, 4) is 11.3 Å². The van der Waals surface area contributed by atoms with E-state index in [2.05, 4.69) is 27.2 Å². The minimum atomic E-state index is -0.307. The zero-order valence-corrected chi connectivity index (χ0v) is 18.3. The SMILES string of the molecule is CCN1CCN(c2cc(Nc3ccc(F)cc3)c3c4c(onc24)-c2ccccc2C3=O)CC1. The molecule has 4 aromatic rings. The number of carbonyl (C=O) groups excluding carboxylic acids is 1. The van der Waals surface area contributed by atoms with Crippen molar-refractivity contribution in [2.75, 3.05) is 42.9 Å². The fourth-order valence-corrected chi connectivity index (χ4v) is 4.88. The minimum Gasteiger partial charge on any atom is -0.367 e. The molecule has 1 aromatic heterocycles. The van der Waals surface area contributed by atoms with Gasteiger partial charge in [0.25, 0.3) is 0 Å². The number of likely N-dealkylation sites (N-methyl/N-ethyl adjacent to an activating group) is 1. The van der Waals surface area contributed by atoms with E-state index in [4.69, 9.17) is 4.52 Å². The van der Waals surface area contributed by atoms with E-state index in [1.165, 1.54) is 12.1 Å². The molecule has 7 heteroatoms. The summed E-state index contributed by atoms with van der Waals surface area (Å²) in [6, 6.07) is 15.6. The summed E-state index contributed by atoms with van der Waals surface area (Å²) in [7, 11) is 0. The molecule has 6 nitrogen and oxygen atoms in total. The molecule has 1 N–H and O–H groups in total. The van der Waals surface area contributed by atoms with Gasteiger partial charge in [0.1, 0.15) is 11.3 Å². The molecule has 3 aromatic carbocycles. The average molecular weight is 442 g/mol. The Kier molecular flexibility index (Phi) is 4.66. The van der Waals surface area contributed by atoms with Crippen molar-refractivity contribution in [3.05, 3.63) is 71.5 Å². The molecule has 1 aliphatic heterocycles. The van der Waals surface area contributed by atoms with Gasteiger partial charge in [0.15, 0.2) is 11.5 Å². The van der Waals surface area contributed by atoms with Gasteiger partial charge in [-0.25, -0.2) is 4.39 Å². The summed E-state index contributed by atoms with van der Waals surface area (Å²) in [6.45, 7) is 6.86. The third kappa shape index (κ3) is 3.19. The molecular formula is C26H23FN4O2. The lowest BCUT2D eigenvalue weighted by Crippen LogP contribution is -2.46. The number of piperazine rings is 1. The van der Waals surface area contributed by atoms with Crippen LogP contribution in [0.2, 0.25) is 0 Å². The standard InChI is InChI=1S/C26H23FN4O2/c1-2-30-11-13-31(14-12-30)21-15-20(28-17-9-7-16(27)8-10-17)22-23-24(21)29-33-26(23)19-6-4-3-5-18(19)25(22)32/h3-10,15,28H,2,11-14H2,1H3. The Balaban J connectivity index is 1.55. The number of anilines is 3. The van der Waals surface area contributed by atoms with E-state index in [9.17, 15) is 9.18 Å². The van der Waals surface area contributed by atoms with Crippen LogP contribution in [0.25, 0.3) is 22.2 Å². The maximum atomic E-state index is 13.6. The normalized spacial score (nSPS) is 15.7. The first kappa shape index (κ1) is 19.9. The van der Waals surface area contributed by atoms with E-state index in [1.54, 1.807) is 12.1 Å². The highest BCUT2D eigenvalue weighted by molar-refractivity contribution is 6.28. The second kappa shape index (κ2) is 7.71. The topological polar surface area (TPSA) is 61.6 Å². The van der Waals surface area contributed by atoms with Crippen molar-refractivity contribution in [2.45, 2.75) is 6.92 Å². The van der Waals surface area contributed by atoms with Crippen molar-refractivity contribution < 1.29 is 13.7 Å². The van der Waals surface area contributed by atoms with Gasteiger partial charge in [-0.3, -0.25) is 4.79 Å². The summed E-state index contributed by atoms with van der Waals surface area (Å²) < 4.78 is 19.3. The number of halogens is 1. The molecule has 1 aliphatic carbocycles. The Morgan fingerprint density at radius 1 is 1.03 bits per heavy atom. The Morgan fingerprint density at radius 2 is 1.76 bits per heavy atom. The molecule has 166 valence electrons. The molecule has 0 saturated carbocycles. The van der Waals surface area contributed by atoms with Gasteiger partial charge < -0.3 is 19.6 Å². The quantitative estimate of drug-likeness (QED) is 0.420. The molecule has 0 atom stereocenters. The van der Waals surface area contributed by atoms with Crippen molar-refractivity contribution in [1.82, 2.24) is 10.1 Å². The molecule has 6 rings (SSSR count).